The molecule has 2 heterocycles. The number of aromatic nitrogens is 1. The van der Waals surface area contributed by atoms with E-state index >= 15 is 0 Å². The first-order chi connectivity index (χ1) is 13.3. The lowest BCUT2D eigenvalue weighted by Gasteiger charge is -2.37. The average molecular weight is 387 g/mol. The first-order valence-electron chi connectivity index (χ1n) is 9.46. The summed E-state index contributed by atoms with van der Waals surface area (Å²) in [5.41, 5.74) is 1.27. The van der Waals surface area contributed by atoms with Gasteiger partial charge in [-0.3, -0.25) is 4.79 Å². The first kappa shape index (κ1) is 20.1. The van der Waals surface area contributed by atoms with Crippen LogP contribution < -0.4 is 15.0 Å². The standard InChI is InChI=1S/C21H26FN3O3/c1-13(2)27-20-8-5-16(10-23-20)21(26)24-17-6-7-19(18(22)9-17)25-11-14(3)28-15(4)12-25/h5-10,13-15H,11-12H2,1-4H3,(H,24,26)/t14-,15-/m1/s1. The van der Waals surface area contributed by atoms with Gasteiger partial charge >= 0.3 is 0 Å². The Morgan fingerprint density at radius 2 is 1.96 bits per heavy atom. The molecule has 7 heteroatoms. The number of anilines is 2. The van der Waals surface area contributed by atoms with Crippen LogP contribution in [-0.2, 0) is 4.74 Å². The van der Waals surface area contributed by atoms with Gasteiger partial charge < -0.3 is 19.7 Å². The van der Waals surface area contributed by atoms with Gasteiger partial charge in [0.2, 0.25) is 5.88 Å². The highest BCUT2D eigenvalue weighted by Crippen LogP contribution is 2.26. The van der Waals surface area contributed by atoms with Crippen LogP contribution in [0, 0.1) is 5.82 Å². The molecule has 0 spiro atoms. The number of ether oxygens (including phenoxy) is 2. The lowest BCUT2D eigenvalue weighted by atomic mass is 10.1. The van der Waals surface area contributed by atoms with Crippen molar-refractivity contribution in [1.82, 2.24) is 4.98 Å². The molecule has 1 aromatic heterocycles. The SMILES string of the molecule is CC(C)Oc1ccc(C(=O)Nc2ccc(N3C[C@@H](C)O[C@H](C)C3)c(F)c2)cn1. The highest BCUT2D eigenvalue weighted by molar-refractivity contribution is 6.04. The Morgan fingerprint density at radius 3 is 2.54 bits per heavy atom. The molecule has 28 heavy (non-hydrogen) atoms. The predicted octanol–water partition coefficient (Wildman–Crippen LogP) is 3.87. The smallest absolute Gasteiger partial charge is 0.257 e. The van der Waals surface area contributed by atoms with Gasteiger partial charge in [0.1, 0.15) is 5.82 Å². The van der Waals surface area contributed by atoms with Gasteiger partial charge in [0.15, 0.2) is 0 Å². The van der Waals surface area contributed by atoms with E-state index in [1.54, 1.807) is 24.3 Å². The summed E-state index contributed by atoms with van der Waals surface area (Å²) in [6, 6.07) is 7.99. The average Bonchev–Trinajstić information content (AvgIpc) is 2.61. The summed E-state index contributed by atoms with van der Waals surface area (Å²) < 4.78 is 25.8. The number of carbonyl (C=O) groups is 1. The molecule has 0 aliphatic carbocycles. The van der Waals surface area contributed by atoms with Crippen LogP contribution in [0.15, 0.2) is 36.5 Å². The largest absolute Gasteiger partial charge is 0.475 e. The van der Waals surface area contributed by atoms with E-state index in [4.69, 9.17) is 9.47 Å². The number of nitrogens with one attached hydrogen (secondary N) is 1. The molecule has 1 aliphatic heterocycles. The Morgan fingerprint density at radius 1 is 1.25 bits per heavy atom. The molecular weight excluding hydrogens is 361 g/mol. The molecule has 150 valence electrons. The van der Waals surface area contributed by atoms with Crippen molar-refractivity contribution in [2.45, 2.75) is 46.0 Å². The zero-order chi connectivity index (χ0) is 20.3. The number of hydrogen-bond acceptors (Lipinski definition) is 5. The van der Waals surface area contributed by atoms with Crippen molar-refractivity contribution < 1.29 is 18.7 Å². The number of amides is 1. The normalized spacial score (nSPS) is 19.6. The molecule has 0 radical (unpaired) electrons. The van der Waals surface area contributed by atoms with Gasteiger partial charge in [-0.05, 0) is 52.0 Å². The molecule has 1 N–H and O–H groups in total. The van der Waals surface area contributed by atoms with Gasteiger partial charge in [0.05, 0.1) is 29.6 Å². The molecule has 1 fully saturated rings. The molecule has 0 unspecified atom stereocenters. The second-order valence-corrected chi connectivity index (χ2v) is 7.33. The Bertz CT molecular complexity index is 816. The Hall–Kier alpha value is -2.67. The molecule has 2 aromatic rings. The Labute approximate surface area is 164 Å². The molecular formula is C21H26FN3O3. The first-order valence-corrected chi connectivity index (χ1v) is 9.46. The van der Waals surface area contributed by atoms with E-state index in [1.807, 2.05) is 32.6 Å². The minimum atomic E-state index is -0.377. The fourth-order valence-electron chi connectivity index (χ4n) is 3.24. The summed E-state index contributed by atoms with van der Waals surface area (Å²) in [6.07, 6.45) is 1.52. The van der Waals surface area contributed by atoms with Crippen LogP contribution in [-0.4, -0.2) is 42.3 Å². The van der Waals surface area contributed by atoms with Crippen LogP contribution in [0.1, 0.15) is 38.1 Å². The van der Waals surface area contributed by atoms with E-state index in [9.17, 15) is 9.18 Å². The summed E-state index contributed by atoms with van der Waals surface area (Å²) in [7, 11) is 0. The van der Waals surface area contributed by atoms with Gasteiger partial charge in [0.25, 0.3) is 5.91 Å². The quantitative estimate of drug-likeness (QED) is 0.844. The van der Waals surface area contributed by atoms with E-state index in [0.717, 1.165) is 0 Å². The highest BCUT2D eigenvalue weighted by Gasteiger charge is 2.24. The van der Waals surface area contributed by atoms with Gasteiger partial charge in [-0.25, -0.2) is 9.37 Å². The minimum absolute atomic E-state index is 0.00566. The molecule has 0 saturated carbocycles. The van der Waals surface area contributed by atoms with Crippen LogP contribution >= 0.6 is 0 Å². The van der Waals surface area contributed by atoms with Crippen LogP contribution in [0.25, 0.3) is 0 Å². The lowest BCUT2D eigenvalue weighted by Crippen LogP contribution is -2.45. The number of rotatable bonds is 5. The van der Waals surface area contributed by atoms with Crippen molar-refractivity contribution in [3.63, 3.8) is 0 Å². The number of morpholine rings is 1. The third-order valence-corrected chi connectivity index (χ3v) is 4.32. The van der Waals surface area contributed by atoms with Crippen LogP contribution in [0.3, 0.4) is 0 Å². The van der Waals surface area contributed by atoms with E-state index in [2.05, 4.69) is 10.3 Å². The number of pyridine rings is 1. The summed E-state index contributed by atoms with van der Waals surface area (Å²) >= 11 is 0. The Kier molecular flexibility index (Phi) is 6.14. The van der Waals surface area contributed by atoms with Gasteiger partial charge in [-0.1, -0.05) is 0 Å². The number of benzene rings is 1. The fourth-order valence-corrected chi connectivity index (χ4v) is 3.24. The third kappa shape index (κ3) is 4.98. The summed E-state index contributed by atoms with van der Waals surface area (Å²) in [5.74, 6) is -0.279. The molecule has 2 atom stereocenters. The summed E-state index contributed by atoms with van der Waals surface area (Å²) in [6.45, 7) is 9.01. The van der Waals surface area contributed by atoms with E-state index < -0.39 is 0 Å². The number of carbonyl (C=O) groups excluding carboxylic acids is 1. The van der Waals surface area contributed by atoms with Crippen LogP contribution in [0.5, 0.6) is 5.88 Å². The maximum atomic E-state index is 14.7. The molecule has 1 aromatic carbocycles. The fraction of sp³-hybridized carbons (Fsp3) is 0.429. The van der Waals surface area contributed by atoms with Crippen molar-refractivity contribution in [3.8, 4) is 5.88 Å². The predicted molar refractivity (Wildman–Crippen MR) is 107 cm³/mol. The van der Waals surface area contributed by atoms with Crippen molar-refractivity contribution in [1.29, 1.82) is 0 Å². The summed E-state index contributed by atoms with van der Waals surface area (Å²) in [5, 5.41) is 2.70. The zero-order valence-electron chi connectivity index (χ0n) is 16.6. The molecule has 1 amide bonds. The van der Waals surface area contributed by atoms with Crippen molar-refractivity contribution in [2.75, 3.05) is 23.3 Å². The van der Waals surface area contributed by atoms with Crippen LogP contribution in [0.4, 0.5) is 15.8 Å². The second kappa shape index (κ2) is 8.56. The number of hydrogen-bond donors (Lipinski definition) is 1. The topological polar surface area (TPSA) is 63.7 Å². The third-order valence-electron chi connectivity index (χ3n) is 4.32. The maximum absolute atomic E-state index is 14.7. The van der Waals surface area contributed by atoms with Gasteiger partial charge in [-0.2, -0.15) is 0 Å². The zero-order valence-corrected chi connectivity index (χ0v) is 16.6. The van der Waals surface area contributed by atoms with Crippen molar-refractivity contribution >= 4 is 17.3 Å². The maximum Gasteiger partial charge on any atom is 0.257 e. The molecule has 3 rings (SSSR count). The number of halogens is 1. The number of nitrogens with zero attached hydrogens (tertiary/aromatic N) is 2. The minimum Gasteiger partial charge on any atom is -0.475 e. The highest BCUT2D eigenvalue weighted by atomic mass is 19.1. The van der Waals surface area contributed by atoms with Crippen LogP contribution in [0.2, 0.25) is 0 Å². The van der Waals surface area contributed by atoms with Crippen molar-refractivity contribution in [2.24, 2.45) is 0 Å². The molecule has 6 nitrogen and oxygen atoms in total. The van der Waals surface area contributed by atoms with Gasteiger partial charge in [-0.15, -0.1) is 0 Å². The van der Waals surface area contributed by atoms with Crippen molar-refractivity contribution in [3.05, 3.63) is 47.9 Å². The second-order valence-electron chi connectivity index (χ2n) is 7.33. The van der Waals surface area contributed by atoms with E-state index in [-0.39, 0.29) is 30.0 Å². The molecule has 0 bridgehead atoms. The lowest BCUT2D eigenvalue weighted by molar-refractivity contribution is -0.00539. The molecule has 1 saturated heterocycles. The Balaban J connectivity index is 1.67. The molecule has 1 aliphatic rings. The monoisotopic (exact) mass is 387 g/mol. The van der Waals surface area contributed by atoms with E-state index in [1.165, 1.54) is 12.3 Å². The van der Waals surface area contributed by atoms with E-state index in [0.29, 0.717) is 35.9 Å². The summed E-state index contributed by atoms with van der Waals surface area (Å²) in [4.78, 5) is 18.5. The van der Waals surface area contributed by atoms with Gasteiger partial charge in [0, 0.05) is 31.0 Å².